The van der Waals surface area contributed by atoms with Gasteiger partial charge in [-0.15, -0.1) is 9.94 Å². The summed E-state index contributed by atoms with van der Waals surface area (Å²) in [6.45, 7) is 2.02. The predicted octanol–water partition coefficient (Wildman–Crippen LogP) is 3.32. The highest BCUT2D eigenvalue weighted by atomic mass is 16.5. The number of hydrogen-bond donors (Lipinski definition) is 2. The van der Waals surface area contributed by atoms with Gasteiger partial charge in [0.2, 0.25) is 0 Å². The highest BCUT2D eigenvalue weighted by molar-refractivity contribution is 5.71. The zero-order valence-corrected chi connectivity index (χ0v) is 13.4. The average molecular weight is 320 g/mol. The van der Waals surface area contributed by atoms with Gasteiger partial charge < -0.3 is 10.5 Å². The summed E-state index contributed by atoms with van der Waals surface area (Å²) < 4.78 is 0. The van der Waals surface area contributed by atoms with Crippen LogP contribution in [0.3, 0.4) is 0 Å². The van der Waals surface area contributed by atoms with Crippen LogP contribution >= 0.6 is 0 Å². The van der Waals surface area contributed by atoms with Gasteiger partial charge >= 0.3 is 0 Å². The third kappa shape index (κ3) is 2.78. The van der Waals surface area contributed by atoms with Gasteiger partial charge in [-0.1, -0.05) is 24.3 Å². The van der Waals surface area contributed by atoms with E-state index in [1.807, 2.05) is 36.4 Å². The molecular formula is C19H20N4O. The first-order valence-electron chi connectivity index (χ1n) is 8.32. The van der Waals surface area contributed by atoms with Crippen molar-refractivity contribution in [1.82, 2.24) is 20.2 Å². The van der Waals surface area contributed by atoms with Gasteiger partial charge in [0.1, 0.15) is 5.69 Å². The van der Waals surface area contributed by atoms with Gasteiger partial charge in [0.05, 0.1) is 11.9 Å². The Bertz CT molecular complexity index is 822. The molecule has 1 aliphatic rings. The van der Waals surface area contributed by atoms with Crippen molar-refractivity contribution in [3.63, 3.8) is 0 Å². The number of rotatable bonds is 3. The lowest BCUT2D eigenvalue weighted by atomic mass is 9.88. The number of piperidine rings is 1. The standard InChI is InChI=1S/C19H20N4O/c24-23-19(17(13-22-23)14-7-10-20-11-8-14)16-5-3-4-15(12-16)18-6-1-2-9-21-18/h1-6,9,12-14,20,24H,7-8,10-11H2. The second kappa shape index (κ2) is 6.45. The Hall–Kier alpha value is -2.66. The fourth-order valence-corrected chi connectivity index (χ4v) is 3.42. The van der Waals surface area contributed by atoms with Gasteiger partial charge in [-0.05, 0) is 50.0 Å². The lowest BCUT2D eigenvalue weighted by Gasteiger charge is -2.22. The third-order valence-electron chi connectivity index (χ3n) is 4.66. The highest BCUT2D eigenvalue weighted by Crippen LogP contribution is 2.34. The first-order chi connectivity index (χ1) is 11.8. The van der Waals surface area contributed by atoms with Crippen molar-refractivity contribution >= 4 is 0 Å². The minimum atomic E-state index is 0.431. The van der Waals surface area contributed by atoms with E-state index in [9.17, 15) is 5.21 Å². The van der Waals surface area contributed by atoms with Crippen LogP contribution in [0.1, 0.15) is 24.3 Å². The van der Waals surface area contributed by atoms with Gasteiger partial charge in [0, 0.05) is 22.9 Å². The summed E-state index contributed by atoms with van der Waals surface area (Å²) in [6.07, 6.45) is 5.73. The first-order valence-corrected chi connectivity index (χ1v) is 8.32. The minimum Gasteiger partial charge on any atom is -0.411 e. The normalized spacial score (nSPS) is 15.5. The Morgan fingerprint density at radius 1 is 1.04 bits per heavy atom. The molecule has 5 heteroatoms. The molecule has 1 aliphatic heterocycles. The molecule has 1 saturated heterocycles. The fourth-order valence-electron chi connectivity index (χ4n) is 3.42. The summed E-state index contributed by atoms with van der Waals surface area (Å²) in [7, 11) is 0. The average Bonchev–Trinajstić information content (AvgIpc) is 3.05. The smallest absolute Gasteiger partial charge is 0.113 e. The number of hydrogen-bond acceptors (Lipinski definition) is 4. The van der Waals surface area contributed by atoms with E-state index in [4.69, 9.17) is 0 Å². The summed E-state index contributed by atoms with van der Waals surface area (Å²) >= 11 is 0. The van der Waals surface area contributed by atoms with Crippen molar-refractivity contribution in [3.05, 3.63) is 60.4 Å². The van der Waals surface area contributed by atoms with Crippen molar-refractivity contribution in [1.29, 1.82) is 0 Å². The number of pyridine rings is 1. The lowest BCUT2D eigenvalue weighted by molar-refractivity contribution is 0.153. The van der Waals surface area contributed by atoms with Crippen LogP contribution in [-0.2, 0) is 0 Å². The molecule has 0 aliphatic carbocycles. The molecule has 122 valence electrons. The molecule has 0 bridgehead atoms. The molecule has 0 radical (unpaired) electrons. The molecule has 1 fully saturated rings. The highest BCUT2D eigenvalue weighted by Gasteiger charge is 2.23. The first kappa shape index (κ1) is 14.9. The summed E-state index contributed by atoms with van der Waals surface area (Å²) in [6, 6.07) is 14.0. The molecular weight excluding hydrogens is 300 g/mol. The van der Waals surface area contributed by atoms with E-state index in [0.29, 0.717) is 5.92 Å². The van der Waals surface area contributed by atoms with Crippen molar-refractivity contribution in [2.45, 2.75) is 18.8 Å². The summed E-state index contributed by atoms with van der Waals surface area (Å²) in [5.41, 5.74) is 4.83. The molecule has 3 aromatic rings. The number of benzene rings is 1. The molecule has 0 saturated carbocycles. The molecule has 4 rings (SSSR count). The van der Waals surface area contributed by atoms with Crippen LogP contribution in [0.25, 0.3) is 22.5 Å². The molecule has 1 aromatic carbocycles. The zero-order valence-electron chi connectivity index (χ0n) is 13.4. The SMILES string of the molecule is On1ncc(C2CCNCC2)c1-c1cccc(-c2ccccn2)c1. The van der Waals surface area contributed by atoms with E-state index in [2.05, 4.69) is 21.5 Å². The van der Waals surface area contributed by atoms with Gasteiger partial charge in [0.15, 0.2) is 0 Å². The quantitative estimate of drug-likeness (QED) is 0.727. The second-order valence-corrected chi connectivity index (χ2v) is 6.16. The van der Waals surface area contributed by atoms with Gasteiger partial charge in [-0.2, -0.15) is 0 Å². The van der Waals surface area contributed by atoms with Crippen molar-refractivity contribution in [2.24, 2.45) is 0 Å². The third-order valence-corrected chi connectivity index (χ3v) is 4.66. The van der Waals surface area contributed by atoms with Crippen molar-refractivity contribution < 1.29 is 5.21 Å². The molecule has 0 spiro atoms. The molecule has 0 amide bonds. The van der Waals surface area contributed by atoms with Crippen LogP contribution in [-0.4, -0.2) is 33.2 Å². The van der Waals surface area contributed by atoms with E-state index < -0.39 is 0 Å². The predicted molar refractivity (Wildman–Crippen MR) is 92.9 cm³/mol. The maximum Gasteiger partial charge on any atom is 0.113 e. The zero-order chi connectivity index (χ0) is 16.4. The van der Waals surface area contributed by atoms with Crippen LogP contribution in [0.5, 0.6) is 0 Å². The lowest BCUT2D eigenvalue weighted by Crippen LogP contribution is -2.26. The van der Waals surface area contributed by atoms with Gasteiger partial charge in [0.25, 0.3) is 0 Å². The number of nitrogens with one attached hydrogen (secondary N) is 1. The van der Waals surface area contributed by atoms with E-state index in [0.717, 1.165) is 58.9 Å². The Morgan fingerprint density at radius 3 is 2.67 bits per heavy atom. The Balaban J connectivity index is 1.75. The molecule has 3 heterocycles. The summed E-state index contributed by atoms with van der Waals surface area (Å²) in [4.78, 5) is 5.42. The number of aromatic nitrogens is 3. The van der Waals surface area contributed by atoms with Crippen molar-refractivity contribution in [3.8, 4) is 22.5 Å². The minimum absolute atomic E-state index is 0.431. The van der Waals surface area contributed by atoms with Crippen LogP contribution in [0.2, 0.25) is 0 Å². The molecule has 0 unspecified atom stereocenters. The van der Waals surface area contributed by atoms with E-state index in [1.165, 1.54) is 0 Å². The maximum atomic E-state index is 10.3. The van der Waals surface area contributed by atoms with Crippen LogP contribution in [0.4, 0.5) is 0 Å². The topological polar surface area (TPSA) is 63.0 Å². The Morgan fingerprint density at radius 2 is 1.88 bits per heavy atom. The van der Waals surface area contributed by atoms with Crippen molar-refractivity contribution in [2.75, 3.05) is 13.1 Å². The largest absolute Gasteiger partial charge is 0.411 e. The summed E-state index contributed by atoms with van der Waals surface area (Å²) in [5, 5.41) is 17.7. The maximum absolute atomic E-state index is 10.3. The molecule has 2 N–H and O–H groups in total. The molecule has 24 heavy (non-hydrogen) atoms. The number of nitrogens with zero attached hydrogens (tertiary/aromatic N) is 3. The Labute approximate surface area is 140 Å². The molecule has 2 aromatic heterocycles. The van der Waals surface area contributed by atoms with Gasteiger partial charge in [-0.3, -0.25) is 4.98 Å². The van der Waals surface area contributed by atoms with E-state index in [1.54, 1.807) is 12.4 Å². The monoisotopic (exact) mass is 320 g/mol. The Kier molecular flexibility index (Phi) is 4.01. The molecule has 5 nitrogen and oxygen atoms in total. The van der Waals surface area contributed by atoms with E-state index >= 15 is 0 Å². The fraction of sp³-hybridized carbons (Fsp3) is 0.263. The van der Waals surface area contributed by atoms with E-state index in [-0.39, 0.29) is 0 Å². The van der Waals surface area contributed by atoms with Crippen LogP contribution in [0.15, 0.2) is 54.9 Å². The molecule has 0 atom stereocenters. The van der Waals surface area contributed by atoms with Gasteiger partial charge in [-0.25, -0.2) is 0 Å². The van der Waals surface area contributed by atoms with Crippen LogP contribution in [0, 0.1) is 0 Å². The second-order valence-electron chi connectivity index (χ2n) is 6.16. The summed E-state index contributed by atoms with van der Waals surface area (Å²) in [5.74, 6) is 0.431. The van der Waals surface area contributed by atoms with Crippen LogP contribution < -0.4 is 5.32 Å².